The summed E-state index contributed by atoms with van der Waals surface area (Å²) < 4.78 is 0. The predicted molar refractivity (Wildman–Crippen MR) is 102 cm³/mol. The molecule has 3 rings (SSSR count). The highest BCUT2D eigenvalue weighted by atomic mass is 16.2. The van der Waals surface area contributed by atoms with Gasteiger partial charge in [-0.15, -0.1) is 0 Å². The van der Waals surface area contributed by atoms with Crippen LogP contribution in [0.2, 0.25) is 0 Å². The van der Waals surface area contributed by atoms with Crippen molar-refractivity contribution in [3.8, 4) is 0 Å². The molecule has 7 heteroatoms. The first-order valence-corrected chi connectivity index (χ1v) is 9.80. The topological polar surface area (TPSA) is 91.4 Å². The molecule has 0 atom stereocenters. The normalized spacial score (nSPS) is 20.0. The van der Waals surface area contributed by atoms with Gasteiger partial charge in [-0.1, -0.05) is 25.3 Å². The van der Waals surface area contributed by atoms with E-state index < -0.39 is 5.54 Å². The third-order valence-corrected chi connectivity index (χ3v) is 5.60. The van der Waals surface area contributed by atoms with E-state index in [1.807, 2.05) is 11.0 Å². The number of carbonyl (C=O) groups is 3. The van der Waals surface area contributed by atoms with E-state index in [2.05, 4.69) is 15.6 Å². The molecule has 2 fully saturated rings. The average molecular weight is 372 g/mol. The lowest BCUT2D eigenvalue weighted by molar-refractivity contribution is -0.145. The maximum Gasteiger partial charge on any atom is 0.248 e. The number of nitrogens with zero attached hydrogens (tertiary/aromatic N) is 2. The number of amides is 3. The summed E-state index contributed by atoms with van der Waals surface area (Å²) in [5.41, 5.74) is -0.757. The summed E-state index contributed by atoms with van der Waals surface area (Å²) in [6.07, 6.45) is 7.30. The van der Waals surface area contributed by atoms with Crippen molar-refractivity contribution >= 4 is 23.5 Å². The van der Waals surface area contributed by atoms with Gasteiger partial charge in [0.2, 0.25) is 17.7 Å². The first-order valence-electron chi connectivity index (χ1n) is 9.80. The van der Waals surface area contributed by atoms with Gasteiger partial charge in [0.25, 0.3) is 0 Å². The Hall–Kier alpha value is -2.44. The molecule has 1 saturated heterocycles. The third kappa shape index (κ3) is 4.64. The Bertz CT molecular complexity index is 678. The van der Waals surface area contributed by atoms with Gasteiger partial charge in [0.1, 0.15) is 11.4 Å². The highest BCUT2D eigenvalue weighted by Gasteiger charge is 2.43. The first-order chi connectivity index (χ1) is 13.0. The molecular formula is C20H28N4O3. The summed E-state index contributed by atoms with van der Waals surface area (Å²) in [5.74, 6) is 0.234. The van der Waals surface area contributed by atoms with Gasteiger partial charge in [-0.05, 0) is 37.8 Å². The molecule has 0 spiro atoms. The zero-order chi connectivity index (χ0) is 19.3. The molecular weight excluding hydrogens is 344 g/mol. The SMILES string of the molecule is CC(=O)NC1(C(=O)N2CCC(C(=O)Nc3ccccn3)CC2)CCCCC1. The third-order valence-electron chi connectivity index (χ3n) is 5.60. The van der Waals surface area contributed by atoms with Gasteiger partial charge in [0, 0.05) is 32.1 Å². The van der Waals surface area contributed by atoms with Gasteiger partial charge in [-0.25, -0.2) is 4.98 Å². The number of nitrogens with one attached hydrogen (secondary N) is 2. The van der Waals surface area contributed by atoms with E-state index in [4.69, 9.17) is 0 Å². The minimum atomic E-state index is -0.757. The summed E-state index contributed by atoms with van der Waals surface area (Å²) in [6.45, 7) is 2.55. The Kier molecular flexibility index (Phi) is 6.08. The first kappa shape index (κ1) is 19.3. The molecule has 7 nitrogen and oxygen atoms in total. The van der Waals surface area contributed by atoms with Crippen LogP contribution in [0.1, 0.15) is 51.9 Å². The second kappa shape index (κ2) is 8.50. The van der Waals surface area contributed by atoms with Crippen LogP contribution in [-0.4, -0.2) is 46.2 Å². The number of carbonyl (C=O) groups excluding carboxylic acids is 3. The van der Waals surface area contributed by atoms with Crippen molar-refractivity contribution in [2.45, 2.75) is 57.4 Å². The smallest absolute Gasteiger partial charge is 0.248 e. The molecule has 2 heterocycles. The van der Waals surface area contributed by atoms with E-state index >= 15 is 0 Å². The van der Waals surface area contributed by atoms with Crippen molar-refractivity contribution in [3.63, 3.8) is 0 Å². The van der Waals surface area contributed by atoms with Crippen LogP contribution in [0.3, 0.4) is 0 Å². The Morgan fingerprint density at radius 3 is 2.41 bits per heavy atom. The van der Waals surface area contributed by atoms with E-state index in [-0.39, 0.29) is 23.6 Å². The van der Waals surface area contributed by atoms with Crippen molar-refractivity contribution in [1.82, 2.24) is 15.2 Å². The van der Waals surface area contributed by atoms with Gasteiger partial charge < -0.3 is 15.5 Å². The number of anilines is 1. The Morgan fingerprint density at radius 2 is 1.81 bits per heavy atom. The number of hydrogen-bond acceptors (Lipinski definition) is 4. The van der Waals surface area contributed by atoms with E-state index in [0.717, 1.165) is 19.3 Å². The van der Waals surface area contributed by atoms with Gasteiger partial charge in [-0.3, -0.25) is 14.4 Å². The summed E-state index contributed by atoms with van der Waals surface area (Å²) >= 11 is 0. The highest BCUT2D eigenvalue weighted by Crippen LogP contribution is 2.31. The fourth-order valence-electron chi connectivity index (χ4n) is 4.20. The molecule has 1 aliphatic heterocycles. The Labute approximate surface area is 159 Å². The molecule has 0 unspecified atom stereocenters. The molecule has 146 valence electrons. The van der Waals surface area contributed by atoms with Crippen LogP contribution < -0.4 is 10.6 Å². The lowest BCUT2D eigenvalue weighted by atomic mass is 9.79. The molecule has 27 heavy (non-hydrogen) atoms. The number of hydrogen-bond donors (Lipinski definition) is 2. The number of pyridine rings is 1. The van der Waals surface area contributed by atoms with Crippen molar-refractivity contribution < 1.29 is 14.4 Å². The Morgan fingerprint density at radius 1 is 1.11 bits per heavy atom. The van der Waals surface area contributed by atoms with E-state index in [9.17, 15) is 14.4 Å². The monoisotopic (exact) mass is 372 g/mol. The van der Waals surface area contributed by atoms with E-state index in [0.29, 0.717) is 44.6 Å². The largest absolute Gasteiger partial charge is 0.342 e. The van der Waals surface area contributed by atoms with Gasteiger partial charge in [0.05, 0.1) is 0 Å². The molecule has 1 saturated carbocycles. The van der Waals surface area contributed by atoms with Crippen LogP contribution >= 0.6 is 0 Å². The van der Waals surface area contributed by atoms with Crippen molar-refractivity contribution in [1.29, 1.82) is 0 Å². The molecule has 1 aliphatic carbocycles. The van der Waals surface area contributed by atoms with E-state index in [1.165, 1.54) is 6.92 Å². The average Bonchev–Trinajstić information content (AvgIpc) is 2.68. The number of aromatic nitrogens is 1. The Balaban J connectivity index is 1.58. The fraction of sp³-hybridized carbons (Fsp3) is 0.600. The maximum atomic E-state index is 13.2. The molecule has 2 aliphatic rings. The van der Waals surface area contributed by atoms with Crippen molar-refractivity contribution in [3.05, 3.63) is 24.4 Å². The van der Waals surface area contributed by atoms with E-state index in [1.54, 1.807) is 18.3 Å². The molecule has 0 bridgehead atoms. The number of likely N-dealkylation sites (tertiary alicyclic amines) is 1. The molecule has 2 N–H and O–H groups in total. The van der Waals surface area contributed by atoms with Crippen LogP contribution in [0, 0.1) is 5.92 Å². The predicted octanol–water partition coefficient (Wildman–Crippen LogP) is 2.10. The molecule has 3 amide bonds. The van der Waals surface area contributed by atoms with Crippen LogP contribution in [-0.2, 0) is 14.4 Å². The number of rotatable bonds is 4. The second-order valence-electron chi connectivity index (χ2n) is 7.59. The molecule has 0 radical (unpaired) electrons. The molecule has 1 aromatic heterocycles. The fourth-order valence-corrected chi connectivity index (χ4v) is 4.20. The zero-order valence-electron chi connectivity index (χ0n) is 15.9. The summed E-state index contributed by atoms with van der Waals surface area (Å²) in [5, 5.41) is 5.78. The van der Waals surface area contributed by atoms with Gasteiger partial charge in [0.15, 0.2) is 0 Å². The van der Waals surface area contributed by atoms with Crippen LogP contribution in [0.5, 0.6) is 0 Å². The number of piperidine rings is 1. The molecule has 1 aromatic rings. The summed E-state index contributed by atoms with van der Waals surface area (Å²) in [6, 6.07) is 5.39. The minimum absolute atomic E-state index is 0.0148. The summed E-state index contributed by atoms with van der Waals surface area (Å²) in [7, 11) is 0. The lowest BCUT2D eigenvalue weighted by Crippen LogP contribution is -2.61. The quantitative estimate of drug-likeness (QED) is 0.847. The zero-order valence-corrected chi connectivity index (χ0v) is 15.9. The van der Waals surface area contributed by atoms with Crippen LogP contribution in [0.15, 0.2) is 24.4 Å². The van der Waals surface area contributed by atoms with Crippen LogP contribution in [0.25, 0.3) is 0 Å². The van der Waals surface area contributed by atoms with Gasteiger partial charge >= 0.3 is 0 Å². The summed E-state index contributed by atoms with van der Waals surface area (Å²) in [4.78, 5) is 43.2. The highest BCUT2D eigenvalue weighted by molar-refractivity contribution is 5.93. The standard InChI is InChI=1S/C20H28N4O3/c1-15(25)23-20(10-4-2-5-11-20)19(27)24-13-8-16(9-14-24)18(26)22-17-7-3-6-12-21-17/h3,6-7,12,16H,2,4-5,8-11,13-14H2,1H3,(H,23,25)(H,21,22,26). The maximum absolute atomic E-state index is 13.2. The molecule has 0 aromatic carbocycles. The second-order valence-corrected chi connectivity index (χ2v) is 7.59. The van der Waals surface area contributed by atoms with Crippen molar-refractivity contribution in [2.75, 3.05) is 18.4 Å². The minimum Gasteiger partial charge on any atom is -0.342 e. The van der Waals surface area contributed by atoms with Crippen LogP contribution in [0.4, 0.5) is 5.82 Å². The lowest BCUT2D eigenvalue weighted by Gasteiger charge is -2.42. The van der Waals surface area contributed by atoms with Gasteiger partial charge in [-0.2, -0.15) is 0 Å². The van der Waals surface area contributed by atoms with Crippen molar-refractivity contribution in [2.24, 2.45) is 5.92 Å².